The highest BCUT2D eigenvalue weighted by Gasteiger charge is 2.15. The average Bonchev–Trinajstić information content (AvgIpc) is 2.25. The van der Waals surface area contributed by atoms with E-state index in [-0.39, 0.29) is 0 Å². The molecule has 82 valence electrons. The number of aryl methyl sites for hydroxylation is 2. The molecule has 1 aliphatic rings. The molecule has 15 heavy (non-hydrogen) atoms. The summed E-state index contributed by atoms with van der Waals surface area (Å²) < 4.78 is 5.41. The Morgan fingerprint density at radius 1 is 1.47 bits per heavy atom. The lowest BCUT2D eigenvalue weighted by Crippen LogP contribution is -2.30. The third-order valence-electron chi connectivity index (χ3n) is 2.58. The minimum Gasteiger partial charge on any atom is -0.379 e. The SMILES string of the molecule is Cc1cnc(C)c(NC2CCCOC2)n1. The molecule has 0 saturated carbocycles. The molecule has 2 heterocycles. The number of nitrogens with one attached hydrogen (secondary N) is 1. The summed E-state index contributed by atoms with van der Waals surface area (Å²) in [5.41, 5.74) is 1.89. The highest BCUT2D eigenvalue weighted by Crippen LogP contribution is 2.14. The van der Waals surface area contributed by atoms with E-state index in [1.807, 2.05) is 13.8 Å². The van der Waals surface area contributed by atoms with E-state index in [1.165, 1.54) is 0 Å². The largest absolute Gasteiger partial charge is 0.379 e. The molecule has 1 N–H and O–H groups in total. The van der Waals surface area contributed by atoms with Gasteiger partial charge in [-0.3, -0.25) is 4.98 Å². The van der Waals surface area contributed by atoms with Crippen LogP contribution in [0.1, 0.15) is 24.2 Å². The maximum atomic E-state index is 5.41. The van der Waals surface area contributed by atoms with Crippen LogP contribution in [0.25, 0.3) is 0 Å². The lowest BCUT2D eigenvalue weighted by Gasteiger charge is -2.24. The van der Waals surface area contributed by atoms with Crippen molar-refractivity contribution in [2.75, 3.05) is 18.5 Å². The van der Waals surface area contributed by atoms with E-state index in [4.69, 9.17) is 4.74 Å². The van der Waals surface area contributed by atoms with Crippen molar-refractivity contribution in [2.45, 2.75) is 32.7 Å². The fraction of sp³-hybridized carbons (Fsp3) is 0.636. The molecule has 0 bridgehead atoms. The van der Waals surface area contributed by atoms with Crippen molar-refractivity contribution in [1.82, 2.24) is 9.97 Å². The number of nitrogens with zero attached hydrogens (tertiary/aromatic N) is 2. The maximum Gasteiger partial charge on any atom is 0.148 e. The summed E-state index contributed by atoms with van der Waals surface area (Å²) in [5.74, 6) is 0.894. The van der Waals surface area contributed by atoms with E-state index in [1.54, 1.807) is 6.20 Å². The van der Waals surface area contributed by atoms with Gasteiger partial charge in [-0.2, -0.15) is 0 Å². The Hall–Kier alpha value is -1.16. The van der Waals surface area contributed by atoms with Gasteiger partial charge in [0, 0.05) is 12.8 Å². The highest BCUT2D eigenvalue weighted by molar-refractivity contribution is 5.40. The quantitative estimate of drug-likeness (QED) is 0.801. The lowest BCUT2D eigenvalue weighted by molar-refractivity contribution is 0.0875. The van der Waals surface area contributed by atoms with E-state index < -0.39 is 0 Å². The van der Waals surface area contributed by atoms with Crippen LogP contribution < -0.4 is 5.32 Å². The van der Waals surface area contributed by atoms with Gasteiger partial charge in [0.25, 0.3) is 0 Å². The van der Waals surface area contributed by atoms with Crippen molar-refractivity contribution < 1.29 is 4.74 Å². The fourth-order valence-electron chi connectivity index (χ4n) is 1.72. The summed E-state index contributed by atoms with van der Waals surface area (Å²) in [6.07, 6.45) is 4.06. The van der Waals surface area contributed by atoms with Gasteiger partial charge < -0.3 is 10.1 Å². The molecule has 1 aromatic rings. The Morgan fingerprint density at radius 2 is 2.33 bits per heavy atom. The smallest absolute Gasteiger partial charge is 0.148 e. The van der Waals surface area contributed by atoms with Gasteiger partial charge in [-0.05, 0) is 26.7 Å². The van der Waals surface area contributed by atoms with Crippen LogP contribution in [0.2, 0.25) is 0 Å². The number of ether oxygens (including phenoxy) is 1. The molecular formula is C11H17N3O. The van der Waals surface area contributed by atoms with Crippen LogP contribution >= 0.6 is 0 Å². The van der Waals surface area contributed by atoms with E-state index >= 15 is 0 Å². The van der Waals surface area contributed by atoms with Gasteiger partial charge in [0.2, 0.25) is 0 Å². The minimum absolute atomic E-state index is 0.383. The predicted octanol–water partition coefficient (Wildman–Crippen LogP) is 1.68. The lowest BCUT2D eigenvalue weighted by atomic mass is 10.1. The molecule has 0 aromatic carbocycles. The number of rotatable bonds is 2. The summed E-state index contributed by atoms with van der Waals surface area (Å²) in [5, 5.41) is 3.39. The molecule has 1 fully saturated rings. The summed E-state index contributed by atoms with van der Waals surface area (Å²) in [4.78, 5) is 8.72. The second-order valence-corrected chi connectivity index (χ2v) is 4.00. The molecule has 1 atom stereocenters. The van der Waals surface area contributed by atoms with Gasteiger partial charge in [0.1, 0.15) is 5.82 Å². The van der Waals surface area contributed by atoms with Gasteiger partial charge >= 0.3 is 0 Å². The standard InChI is InChI=1S/C11H17N3O/c1-8-6-12-9(2)11(13-8)14-10-4-3-5-15-7-10/h6,10H,3-5,7H2,1-2H3,(H,13,14). The third kappa shape index (κ3) is 2.65. The first-order valence-electron chi connectivity index (χ1n) is 5.40. The van der Waals surface area contributed by atoms with Gasteiger partial charge in [-0.1, -0.05) is 0 Å². The van der Waals surface area contributed by atoms with Crippen LogP contribution in [-0.4, -0.2) is 29.2 Å². The fourth-order valence-corrected chi connectivity index (χ4v) is 1.72. The average molecular weight is 207 g/mol. The second kappa shape index (κ2) is 4.57. The molecule has 1 aliphatic heterocycles. The molecule has 0 radical (unpaired) electrons. The Kier molecular flexibility index (Phi) is 3.16. The van der Waals surface area contributed by atoms with Crippen molar-refractivity contribution >= 4 is 5.82 Å². The highest BCUT2D eigenvalue weighted by atomic mass is 16.5. The molecule has 1 aromatic heterocycles. The number of aromatic nitrogens is 2. The molecule has 4 heteroatoms. The zero-order valence-corrected chi connectivity index (χ0v) is 9.29. The van der Waals surface area contributed by atoms with E-state index in [2.05, 4.69) is 15.3 Å². The van der Waals surface area contributed by atoms with Gasteiger partial charge in [0.15, 0.2) is 0 Å². The van der Waals surface area contributed by atoms with Crippen LogP contribution in [0.5, 0.6) is 0 Å². The Balaban J connectivity index is 2.05. The minimum atomic E-state index is 0.383. The summed E-state index contributed by atoms with van der Waals surface area (Å²) >= 11 is 0. The van der Waals surface area contributed by atoms with Crippen LogP contribution in [-0.2, 0) is 4.74 Å². The first kappa shape index (κ1) is 10.4. The number of anilines is 1. The molecule has 2 rings (SSSR count). The van der Waals surface area contributed by atoms with E-state index in [0.717, 1.165) is 43.3 Å². The van der Waals surface area contributed by atoms with Crippen molar-refractivity contribution in [2.24, 2.45) is 0 Å². The van der Waals surface area contributed by atoms with E-state index in [9.17, 15) is 0 Å². The first-order chi connectivity index (χ1) is 7.25. The van der Waals surface area contributed by atoms with Gasteiger partial charge in [-0.25, -0.2) is 4.98 Å². The molecule has 0 aliphatic carbocycles. The van der Waals surface area contributed by atoms with Crippen LogP contribution in [0.4, 0.5) is 5.82 Å². The summed E-state index contributed by atoms with van der Waals surface area (Å²) in [6.45, 7) is 5.58. The summed E-state index contributed by atoms with van der Waals surface area (Å²) in [7, 11) is 0. The molecule has 1 unspecified atom stereocenters. The Labute approximate surface area is 90.1 Å². The number of hydrogen-bond acceptors (Lipinski definition) is 4. The van der Waals surface area contributed by atoms with Gasteiger partial charge in [-0.15, -0.1) is 0 Å². The molecule has 4 nitrogen and oxygen atoms in total. The van der Waals surface area contributed by atoms with Gasteiger partial charge in [0.05, 0.1) is 24.0 Å². The topological polar surface area (TPSA) is 47.0 Å². The van der Waals surface area contributed by atoms with Crippen LogP contribution in [0, 0.1) is 13.8 Å². The Morgan fingerprint density at radius 3 is 3.07 bits per heavy atom. The maximum absolute atomic E-state index is 5.41. The monoisotopic (exact) mass is 207 g/mol. The van der Waals surface area contributed by atoms with Crippen molar-refractivity contribution in [3.63, 3.8) is 0 Å². The molecule has 0 amide bonds. The molecule has 1 saturated heterocycles. The van der Waals surface area contributed by atoms with Crippen molar-refractivity contribution in [1.29, 1.82) is 0 Å². The molecule has 0 spiro atoms. The first-order valence-corrected chi connectivity index (χ1v) is 5.40. The Bertz CT molecular complexity index is 335. The number of hydrogen-bond donors (Lipinski definition) is 1. The van der Waals surface area contributed by atoms with Crippen molar-refractivity contribution in [3.8, 4) is 0 Å². The zero-order valence-electron chi connectivity index (χ0n) is 9.29. The zero-order chi connectivity index (χ0) is 10.7. The van der Waals surface area contributed by atoms with Crippen molar-refractivity contribution in [3.05, 3.63) is 17.6 Å². The van der Waals surface area contributed by atoms with Crippen LogP contribution in [0.15, 0.2) is 6.20 Å². The summed E-state index contributed by atoms with van der Waals surface area (Å²) in [6, 6.07) is 0.383. The third-order valence-corrected chi connectivity index (χ3v) is 2.58. The predicted molar refractivity (Wildman–Crippen MR) is 59.0 cm³/mol. The normalized spacial score (nSPS) is 21.3. The van der Waals surface area contributed by atoms with Crippen LogP contribution in [0.3, 0.4) is 0 Å². The molecular weight excluding hydrogens is 190 g/mol. The van der Waals surface area contributed by atoms with E-state index in [0.29, 0.717) is 6.04 Å². The second-order valence-electron chi connectivity index (χ2n) is 4.00.